The molecular formula is C19H19FN4O3S. The molecule has 3 aromatic rings. The van der Waals surface area contributed by atoms with Crippen LogP contribution < -0.4 is 5.32 Å². The third-order valence-electron chi connectivity index (χ3n) is 4.79. The van der Waals surface area contributed by atoms with Gasteiger partial charge in [0.2, 0.25) is 15.9 Å². The average Bonchev–Trinajstić information content (AvgIpc) is 3.28. The van der Waals surface area contributed by atoms with Crippen LogP contribution in [0.3, 0.4) is 0 Å². The van der Waals surface area contributed by atoms with Crippen molar-refractivity contribution in [1.82, 2.24) is 14.3 Å². The summed E-state index contributed by atoms with van der Waals surface area (Å²) in [6, 6.07) is 9.10. The van der Waals surface area contributed by atoms with Gasteiger partial charge in [0.1, 0.15) is 17.7 Å². The summed E-state index contributed by atoms with van der Waals surface area (Å²) in [5.41, 5.74) is 2.14. The number of rotatable bonds is 4. The summed E-state index contributed by atoms with van der Waals surface area (Å²) in [5.74, 6) is -0.135. The number of amides is 1. The van der Waals surface area contributed by atoms with E-state index in [1.54, 1.807) is 18.2 Å². The van der Waals surface area contributed by atoms with E-state index in [0.717, 1.165) is 29.0 Å². The van der Waals surface area contributed by atoms with Crippen molar-refractivity contribution < 1.29 is 17.6 Å². The van der Waals surface area contributed by atoms with Gasteiger partial charge < -0.3 is 10.3 Å². The zero-order valence-corrected chi connectivity index (χ0v) is 16.0. The van der Waals surface area contributed by atoms with E-state index in [1.165, 1.54) is 16.4 Å². The molecule has 0 unspecified atom stereocenters. The molecule has 0 aliphatic carbocycles. The molecule has 1 atom stereocenters. The number of carbonyl (C=O) groups excluding carboxylic acids is 1. The molecule has 28 heavy (non-hydrogen) atoms. The molecule has 1 fully saturated rings. The van der Waals surface area contributed by atoms with Gasteiger partial charge in [0, 0.05) is 12.2 Å². The van der Waals surface area contributed by atoms with Crippen LogP contribution >= 0.6 is 0 Å². The first kappa shape index (κ1) is 18.6. The van der Waals surface area contributed by atoms with Gasteiger partial charge in [0.15, 0.2) is 0 Å². The quantitative estimate of drug-likeness (QED) is 0.702. The van der Waals surface area contributed by atoms with Crippen molar-refractivity contribution >= 4 is 32.7 Å². The molecule has 2 aromatic carbocycles. The summed E-state index contributed by atoms with van der Waals surface area (Å²) in [6.45, 7) is 2.09. The second-order valence-electron chi connectivity index (χ2n) is 6.77. The Morgan fingerprint density at radius 2 is 2.00 bits per heavy atom. The number of aryl methyl sites for hydroxylation is 1. The fraction of sp³-hybridized carbons (Fsp3) is 0.263. The first-order valence-corrected chi connectivity index (χ1v) is 10.3. The monoisotopic (exact) mass is 402 g/mol. The molecule has 0 spiro atoms. The Kier molecular flexibility index (Phi) is 4.64. The van der Waals surface area contributed by atoms with Gasteiger partial charge in [0.05, 0.1) is 15.9 Å². The third kappa shape index (κ3) is 3.38. The molecule has 0 saturated carbocycles. The summed E-state index contributed by atoms with van der Waals surface area (Å²) in [7, 11) is -3.88. The van der Waals surface area contributed by atoms with Gasteiger partial charge in [-0.1, -0.05) is 0 Å². The van der Waals surface area contributed by atoms with Crippen molar-refractivity contribution in [2.45, 2.75) is 30.7 Å². The average molecular weight is 402 g/mol. The number of anilines is 1. The highest BCUT2D eigenvalue weighted by Gasteiger charge is 2.39. The smallest absolute Gasteiger partial charge is 0.243 e. The van der Waals surface area contributed by atoms with E-state index in [4.69, 9.17) is 0 Å². The number of nitrogens with one attached hydrogen (secondary N) is 2. The minimum absolute atomic E-state index is 0.0250. The Morgan fingerprint density at radius 1 is 1.25 bits per heavy atom. The predicted molar refractivity (Wildman–Crippen MR) is 103 cm³/mol. The van der Waals surface area contributed by atoms with Gasteiger partial charge in [0.25, 0.3) is 0 Å². The van der Waals surface area contributed by atoms with Crippen LogP contribution in [0.4, 0.5) is 10.1 Å². The molecule has 0 bridgehead atoms. The van der Waals surface area contributed by atoms with E-state index in [9.17, 15) is 17.6 Å². The lowest BCUT2D eigenvalue weighted by Gasteiger charge is -2.23. The van der Waals surface area contributed by atoms with Crippen LogP contribution in [0.15, 0.2) is 47.4 Å². The number of fused-ring (bicyclic) bond motifs is 1. The van der Waals surface area contributed by atoms with Crippen molar-refractivity contribution in [3.05, 3.63) is 54.1 Å². The molecule has 2 N–H and O–H groups in total. The van der Waals surface area contributed by atoms with Crippen LogP contribution in [0.5, 0.6) is 0 Å². The van der Waals surface area contributed by atoms with Crippen LogP contribution in [-0.4, -0.2) is 41.2 Å². The zero-order chi connectivity index (χ0) is 19.9. The number of benzene rings is 2. The lowest BCUT2D eigenvalue weighted by molar-refractivity contribution is -0.119. The third-order valence-corrected chi connectivity index (χ3v) is 6.72. The fourth-order valence-electron chi connectivity index (χ4n) is 3.47. The maximum Gasteiger partial charge on any atom is 0.243 e. The Bertz CT molecular complexity index is 1140. The second-order valence-corrected chi connectivity index (χ2v) is 8.66. The number of H-pyrrole nitrogens is 1. The number of carbonyl (C=O) groups is 1. The molecule has 9 heteroatoms. The summed E-state index contributed by atoms with van der Waals surface area (Å²) in [5, 5.41) is 2.80. The van der Waals surface area contributed by atoms with E-state index < -0.39 is 27.8 Å². The van der Waals surface area contributed by atoms with Gasteiger partial charge in [-0.25, -0.2) is 17.8 Å². The summed E-state index contributed by atoms with van der Waals surface area (Å²) in [6.07, 6.45) is 1.01. The van der Waals surface area contributed by atoms with Gasteiger partial charge >= 0.3 is 0 Å². The SMILES string of the molecule is Cc1nc2ccc(NC(=O)[C@@H]3CCCN3S(=O)(=O)c3ccc(F)cc3)cc2[nH]1. The Hall–Kier alpha value is -2.78. The maximum absolute atomic E-state index is 13.1. The van der Waals surface area contributed by atoms with Gasteiger partial charge in [-0.05, 0) is 62.2 Å². The molecular weight excluding hydrogens is 383 g/mol. The molecule has 1 aromatic heterocycles. The van der Waals surface area contributed by atoms with E-state index in [1.807, 2.05) is 6.92 Å². The number of hydrogen-bond acceptors (Lipinski definition) is 4. The van der Waals surface area contributed by atoms with Crippen LogP contribution in [0.25, 0.3) is 11.0 Å². The van der Waals surface area contributed by atoms with Crippen molar-refractivity contribution in [3.8, 4) is 0 Å². The highest BCUT2D eigenvalue weighted by atomic mass is 32.2. The van der Waals surface area contributed by atoms with Crippen molar-refractivity contribution in [3.63, 3.8) is 0 Å². The number of hydrogen-bond donors (Lipinski definition) is 2. The summed E-state index contributed by atoms with van der Waals surface area (Å²) >= 11 is 0. The van der Waals surface area contributed by atoms with Gasteiger partial charge in [-0.2, -0.15) is 4.31 Å². The minimum Gasteiger partial charge on any atom is -0.342 e. The highest BCUT2D eigenvalue weighted by molar-refractivity contribution is 7.89. The van der Waals surface area contributed by atoms with Crippen molar-refractivity contribution in [2.24, 2.45) is 0 Å². The molecule has 1 aliphatic heterocycles. The number of halogens is 1. The standard InChI is InChI=1S/C19H19FN4O3S/c1-12-21-16-9-6-14(11-17(16)22-12)23-19(25)18-3-2-10-24(18)28(26,27)15-7-4-13(20)5-8-15/h4-9,11,18H,2-3,10H2,1H3,(H,21,22)(H,23,25)/t18-/m0/s1. The fourth-order valence-corrected chi connectivity index (χ4v) is 5.13. The first-order valence-electron chi connectivity index (χ1n) is 8.89. The maximum atomic E-state index is 13.1. The van der Waals surface area contributed by atoms with Crippen LogP contribution in [0.2, 0.25) is 0 Å². The molecule has 146 valence electrons. The minimum atomic E-state index is -3.88. The Morgan fingerprint density at radius 3 is 2.75 bits per heavy atom. The van der Waals surface area contributed by atoms with E-state index >= 15 is 0 Å². The molecule has 1 aliphatic rings. The largest absolute Gasteiger partial charge is 0.342 e. The second kappa shape index (κ2) is 6.99. The molecule has 2 heterocycles. The van der Waals surface area contributed by atoms with E-state index in [2.05, 4.69) is 15.3 Å². The topological polar surface area (TPSA) is 95.2 Å². The first-order chi connectivity index (χ1) is 13.3. The number of aromatic amines is 1. The highest BCUT2D eigenvalue weighted by Crippen LogP contribution is 2.27. The Balaban J connectivity index is 1.56. The van der Waals surface area contributed by atoms with Crippen LogP contribution in [0.1, 0.15) is 18.7 Å². The summed E-state index contributed by atoms with van der Waals surface area (Å²) < 4.78 is 40.1. The molecule has 7 nitrogen and oxygen atoms in total. The molecule has 1 amide bonds. The molecule has 1 saturated heterocycles. The lowest BCUT2D eigenvalue weighted by atomic mass is 10.2. The lowest BCUT2D eigenvalue weighted by Crippen LogP contribution is -2.43. The number of nitrogens with zero attached hydrogens (tertiary/aromatic N) is 2. The van der Waals surface area contributed by atoms with Crippen LogP contribution in [-0.2, 0) is 14.8 Å². The van der Waals surface area contributed by atoms with E-state index in [0.29, 0.717) is 18.5 Å². The predicted octanol–water partition coefficient (Wildman–Crippen LogP) is 2.80. The normalized spacial score (nSPS) is 17.9. The number of imidazole rings is 1. The van der Waals surface area contributed by atoms with Gasteiger partial charge in [-0.15, -0.1) is 0 Å². The van der Waals surface area contributed by atoms with E-state index in [-0.39, 0.29) is 11.4 Å². The number of sulfonamides is 1. The number of aromatic nitrogens is 2. The van der Waals surface area contributed by atoms with Crippen molar-refractivity contribution in [2.75, 3.05) is 11.9 Å². The van der Waals surface area contributed by atoms with Crippen LogP contribution in [0, 0.1) is 12.7 Å². The van der Waals surface area contributed by atoms with Gasteiger partial charge in [-0.3, -0.25) is 4.79 Å². The zero-order valence-electron chi connectivity index (χ0n) is 15.1. The molecule has 0 radical (unpaired) electrons. The summed E-state index contributed by atoms with van der Waals surface area (Å²) in [4.78, 5) is 20.2. The van der Waals surface area contributed by atoms with Crippen molar-refractivity contribution in [1.29, 1.82) is 0 Å². The Labute approximate surface area is 161 Å². The molecule has 4 rings (SSSR count).